The minimum atomic E-state index is -0.146. The summed E-state index contributed by atoms with van der Waals surface area (Å²) in [5.74, 6) is 1.02. The Morgan fingerprint density at radius 2 is 1.70 bits per heavy atom. The number of hydrogen-bond acceptors (Lipinski definition) is 3. The predicted octanol–water partition coefficient (Wildman–Crippen LogP) is 2.64. The maximum Gasteiger partial charge on any atom is 0.0963 e. The summed E-state index contributed by atoms with van der Waals surface area (Å²) in [6.45, 7) is 13.3. The first kappa shape index (κ1) is 19.4. The Morgan fingerprint density at radius 3 is 2.15 bits per heavy atom. The van der Waals surface area contributed by atoms with Gasteiger partial charge in [-0.1, -0.05) is 34.1 Å². The second kappa shape index (κ2) is 9.35. The molecule has 0 aromatic carbocycles. The van der Waals surface area contributed by atoms with E-state index >= 15 is 0 Å². The van der Waals surface area contributed by atoms with E-state index in [-0.39, 0.29) is 5.41 Å². The summed E-state index contributed by atoms with van der Waals surface area (Å²) in [6.07, 6.45) is 3.34. The van der Waals surface area contributed by atoms with Crippen molar-refractivity contribution < 1.29 is 0 Å². The molecule has 0 heterocycles. The van der Waals surface area contributed by atoms with E-state index in [1.165, 1.54) is 13.0 Å². The summed E-state index contributed by atoms with van der Waals surface area (Å²) >= 11 is 0. The molecule has 0 aliphatic carbocycles. The lowest BCUT2D eigenvalue weighted by molar-refractivity contribution is 0.213. The molecule has 3 N–H and O–H groups in total. The Kier molecular flexibility index (Phi) is 9.06. The molecule has 4 heteroatoms. The molecule has 120 valence electrons. The third-order valence-corrected chi connectivity index (χ3v) is 3.74. The van der Waals surface area contributed by atoms with E-state index in [0.29, 0.717) is 11.8 Å². The Labute approximate surface area is 126 Å². The highest BCUT2D eigenvalue weighted by molar-refractivity contribution is 5.82. The van der Waals surface area contributed by atoms with Crippen molar-refractivity contribution in [2.24, 2.45) is 17.1 Å². The molecule has 0 unspecified atom stereocenters. The molecule has 0 atom stereocenters. The zero-order valence-electron chi connectivity index (χ0n) is 14.5. The van der Waals surface area contributed by atoms with Crippen LogP contribution >= 0.6 is 0 Å². The second-order valence-electron chi connectivity index (χ2n) is 7.25. The van der Waals surface area contributed by atoms with Crippen molar-refractivity contribution in [3.63, 3.8) is 0 Å². The van der Waals surface area contributed by atoms with Gasteiger partial charge in [0.05, 0.1) is 5.84 Å². The van der Waals surface area contributed by atoms with Crippen molar-refractivity contribution in [3.05, 3.63) is 0 Å². The van der Waals surface area contributed by atoms with Crippen molar-refractivity contribution in [2.45, 2.75) is 47.0 Å². The third-order valence-electron chi connectivity index (χ3n) is 3.74. The quantitative estimate of drug-likeness (QED) is 0.348. The number of nitrogens with one attached hydrogen (secondary N) is 1. The van der Waals surface area contributed by atoms with Crippen LogP contribution in [0.2, 0.25) is 0 Å². The fourth-order valence-electron chi connectivity index (χ4n) is 2.19. The average Bonchev–Trinajstić information content (AvgIpc) is 2.30. The standard InChI is InChI=1S/C16H36N4/c1-14(2)13-20(12-11-19(5)6)10-8-7-9-16(3,4)15(17)18/h14H,7-13H2,1-6H3,(H3,17,18). The van der Waals surface area contributed by atoms with Gasteiger partial charge >= 0.3 is 0 Å². The first-order chi connectivity index (χ1) is 9.15. The van der Waals surface area contributed by atoms with Crippen molar-refractivity contribution >= 4 is 5.84 Å². The smallest absolute Gasteiger partial charge is 0.0963 e. The van der Waals surface area contributed by atoms with Gasteiger partial charge < -0.3 is 15.5 Å². The van der Waals surface area contributed by atoms with Crippen LogP contribution in [-0.2, 0) is 0 Å². The molecule has 0 radical (unpaired) electrons. The second-order valence-corrected chi connectivity index (χ2v) is 7.25. The van der Waals surface area contributed by atoms with Crippen LogP contribution in [0.4, 0.5) is 0 Å². The molecule has 0 bridgehead atoms. The summed E-state index contributed by atoms with van der Waals surface area (Å²) < 4.78 is 0. The van der Waals surface area contributed by atoms with Crippen molar-refractivity contribution in [3.8, 4) is 0 Å². The van der Waals surface area contributed by atoms with Crippen LogP contribution in [0.1, 0.15) is 47.0 Å². The molecule has 0 aromatic heterocycles. The van der Waals surface area contributed by atoms with E-state index in [1.807, 2.05) is 0 Å². The molecule has 4 nitrogen and oxygen atoms in total. The lowest BCUT2D eigenvalue weighted by atomic mass is 9.86. The summed E-state index contributed by atoms with van der Waals surface area (Å²) in [6, 6.07) is 0. The fourth-order valence-corrected chi connectivity index (χ4v) is 2.19. The molecule has 0 fully saturated rings. The molecule has 0 saturated carbocycles. The maximum atomic E-state index is 7.58. The highest BCUT2D eigenvalue weighted by atomic mass is 15.2. The summed E-state index contributed by atoms with van der Waals surface area (Å²) in [7, 11) is 4.26. The minimum absolute atomic E-state index is 0.146. The zero-order valence-corrected chi connectivity index (χ0v) is 14.5. The van der Waals surface area contributed by atoms with Crippen LogP contribution in [0.5, 0.6) is 0 Å². The number of nitrogens with two attached hydrogens (primary N) is 1. The minimum Gasteiger partial charge on any atom is -0.387 e. The van der Waals surface area contributed by atoms with Crippen molar-refractivity contribution in [1.82, 2.24) is 9.80 Å². The van der Waals surface area contributed by atoms with E-state index in [9.17, 15) is 0 Å². The molecule has 0 spiro atoms. The molecule has 0 aliphatic rings. The molecular weight excluding hydrogens is 248 g/mol. The maximum absolute atomic E-state index is 7.58. The molecular formula is C16H36N4. The first-order valence-corrected chi connectivity index (χ1v) is 7.86. The fraction of sp³-hybridized carbons (Fsp3) is 0.938. The molecule has 0 aromatic rings. The normalized spacial score (nSPS) is 12.7. The van der Waals surface area contributed by atoms with E-state index in [4.69, 9.17) is 11.1 Å². The monoisotopic (exact) mass is 284 g/mol. The Balaban J connectivity index is 4.03. The van der Waals surface area contributed by atoms with E-state index in [1.54, 1.807) is 0 Å². The third kappa shape index (κ3) is 9.32. The van der Waals surface area contributed by atoms with Gasteiger partial charge in [0.15, 0.2) is 0 Å². The number of unbranched alkanes of at least 4 members (excludes halogenated alkanes) is 1. The first-order valence-electron chi connectivity index (χ1n) is 7.86. The van der Waals surface area contributed by atoms with Gasteiger partial charge in [-0.25, -0.2) is 0 Å². The van der Waals surface area contributed by atoms with E-state index < -0.39 is 0 Å². The van der Waals surface area contributed by atoms with Gasteiger partial charge in [-0.2, -0.15) is 0 Å². The highest BCUT2D eigenvalue weighted by Gasteiger charge is 2.20. The van der Waals surface area contributed by atoms with Gasteiger partial charge in [-0.15, -0.1) is 0 Å². The number of hydrogen-bond donors (Lipinski definition) is 2. The summed E-state index contributed by atoms with van der Waals surface area (Å²) in [5.41, 5.74) is 5.48. The summed E-state index contributed by atoms with van der Waals surface area (Å²) in [5, 5.41) is 7.58. The number of nitrogens with zero attached hydrogens (tertiary/aromatic N) is 2. The van der Waals surface area contributed by atoms with Crippen LogP contribution < -0.4 is 5.73 Å². The highest BCUT2D eigenvalue weighted by Crippen LogP contribution is 2.22. The number of rotatable bonds is 11. The SMILES string of the molecule is CC(C)CN(CCCCC(C)(C)C(=N)N)CCN(C)C. The Morgan fingerprint density at radius 1 is 1.10 bits per heavy atom. The van der Waals surface area contributed by atoms with Crippen molar-refractivity contribution in [1.29, 1.82) is 5.41 Å². The largest absolute Gasteiger partial charge is 0.387 e. The van der Waals surface area contributed by atoms with Gasteiger partial charge in [-0.05, 0) is 39.4 Å². The molecule has 0 rings (SSSR count). The van der Waals surface area contributed by atoms with Crippen LogP contribution in [-0.4, -0.2) is 55.9 Å². The topological polar surface area (TPSA) is 56.4 Å². The van der Waals surface area contributed by atoms with Gasteiger partial charge in [0.2, 0.25) is 0 Å². The van der Waals surface area contributed by atoms with Gasteiger partial charge in [-0.3, -0.25) is 5.41 Å². The van der Waals surface area contributed by atoms with Crippen molar-refractivity contribution in [2.75, 3.05) is 40.3 Å². The average molecular weight is 284 g/mol. The van der Waals surface area contributed by atoms with Gasteiger partial charge in [0.25, 0.3) is 0 Å². The van der Waals surface area contributed by atoms with E-state index in [0.717, 1.165) is 32.5 Å². The van der Waals surface area contributed by atoms with Crippen LogP contribution in [0.15, 0.2) is 0 Å². The summed E-state index contributed by atoms with van der Waals surface area (Å²) in [4.78, 5) is 4.80. The predicted molar refractivity (Wildman–Crippen MR) is 89.4 cm³/mol. The molecule has 0 saturated heterocycles. The molecule has 0 amide bonds. The number of likely N-dealkylation sites (N-methyl/N-ethyl adjacent to an activating group) is 1. The zero-order chi connectivity index (χ0) is 15.8. The van der Waals surface area contributed by atoms with Crippen LogP contribution in [0.3, 0.4) is 0 Å². The van der Waals surface area contributed by atoms with Crippen LogP contribution in [0.25, 0.3) is 0 Å². The van der Waals surface area contributed by atoms with Crippen LogP contribution in [0, 0.1) is 16.7 Å². The van der Waals surface area contributed by atoms with Gasteiger partial charge in [0.1, 0.15) is 0 Å². The number of amidine groups is 1. The Bertz CT molecular complexity index is 272. The lowest BCUT2D eigenvalue weighted by Crippen LogP contribution is -2.35. The van der Waals surface area contributed by atoms with Gasteiger partial charge in [0, 0.05) is 25.0 Å². The molecule has 20 heavy (non-hydrogen) atoms. The molecule has 0 aliphatic heterocycles. The Hall–Kier alpha value is -0.610. The lowest BCUT2D eigenvalue weighted by Gasteiger charge is -2.27. The van der Waals surface area contributed by atoms with E-state index in [2.05, 4.69) is 51.6 Å².